The van der Waals surface area contributed by atoms with Crippen molar-refractivity contribution in [2.24, 2.45) is 0 Å². The van der Waals surface area contributed by atoms with Crippen LogP contribution in [-0.4, -0.2) is 62.5 Å². The molecule has 15 heteroatoms. The minimum absolute atomic E-state index is 0.828. The van der Waals surface area contributed by atoms with Gasteiger partial charge in [0, 0.05) is 70.6 Å². The number of pyridine rings is 3. The highest BCUT2D eigenvalue weighted by Gasteiger charge is 2.14. The molecule has 0 unspecified atom stereocenters. The SMILES string of the molecule is COc1ccc(-c2ccc(C#Cc3cccnc3)c3nsnc23)cc1.COc1ccc(-c2ccc(C#Cc3cccnc3)c3nsnc23)cc1.COc1ccc(-c2ccc(C#Cc3cccnc3)c3nsnc23)cc1. The summed E-state index contributed by atoms with van der Waals surface area (Å²) in [5.41, 5.74) is 16.7. The van der Waals surface area contributed by atoms with E-state index < -0.39 is 0 Å². The average molecular weight is 1030 g/mol. The lowest BCUT2D eigenvalue weighted by atomic mass is 10.0. The van der Waals surface area contributed by atoms with Gasteiger partial charge in [-0.2, -0.15) is 26.2 Å². The summed E-state index contributed by atoms with van der Waals surface area (Å²) in [5, 5.41) is 0. The lowest BCUT2D eigenvalue weighted by Gasteiger charge is -2.05. The molecule has 0 atom stereocenters. The van der Waals surface area contributed by atoms with Crippen molar-refractivity contribution in [1.82, 2.24) is 41.2 Å². The summed E-state index contributed by atoms with van der Waals surface area (Å²) < 4.78 is 42.4. The van der Waals surface area contributed by atoms with Crippen LogP contribution in [0.25, 0.3) is 66.5 Å². The third-order valence-electron chi connectivity index (χ3n) is 11.5. The van der Waals surface area contributed by atoms with Crippen LogP contribution in [0.4, 0.5) is 0 Å². The van der Waals surface area contributed by atoms with Crippen molar-refractivity contribution < 1.29 is 14.2 Å². The molecule has 360 valence electrons. The fourth-order valence-electron chi connectivity index (χ4n) is 7.64. The van der Waals surface area contributed by atoms with Crippen LogP contribution in [0.2, 0.25) is 0 Å². The van der Waals surface area contributed by atoms with Gasteiger partial charge in [-0.15, -0.1) is 0 Å². The fourth-order valence-corrected chi connectivity index (χ4v) is 9.36. The zero-order valence-corrected chi connectivity index (χ0v) is 42.7. The normalized spacial score (nSPS) is 10.3. The number of methoxy groups -OCH3 is 3. The number of benzene rings is 6. The lowest BCUT2D eigenvalue weighted by molar-refractivity contribution is 0.415. The Morgan fingerprint density at radius 3 is 0.840 bits per heavy atom. The molecular formula is C60H39N9O3S3. The molecule has 12 rings (SSSR count). The van der Waals surface area contributed by atoms with Crippen molar-refractivity contribution in [2.75, 3.05) is 21.3 Å². The molecule has 6 aromatic carbocycles. The van der Waals surface area contributed by atoms with Crippen LogP contribution in [0.5, 0.6) is 17.2 Å². The predicted molar refractivity (Wildman–Crippen MR) is 299 cm³/mol. The van der Waals surface area contributed by atoms with Gasteiger partial charge < -0.3 is 14.2 Å². The number of ether oxygens (including phenoxy) is 3. The zero-order valence-electron chi connectivity index (χ0n) is 40.3. The maximum atomic E-state index is 5.22. The highest BCUT2D eigenvalue weighted by atomic mass is 32.1. The van der Waals surface area contributed by atoms with Crippen molar-refractivity contribution >= 4 is 68.3 Å². The Bertz CT molecular complexity index is 3660. The molecule has 0 aliphatic carbocycles. The Morgan fingerprint density at radius 2 is 0.587 bits per heavy atom. The average Bonchev–Trinajstić information content (AvgIpc) is 4.31. The first-order valence-corrected chi connectivity index (χ1v) is 25.2. The summed E-state index contributed by atoms with van der Waals surface area (Å²) in [6.07, 6.45) is 10.4. The number of fused-ring (bicyclic) bond motifs is 3. The molecule has 0 aliphatic heterocycles. The highest BCUT2D eigenvalue weighted by Crippen LogP contribution is 2.33. The quantitative estimate of drug-likeness (QED) is 0.146. The third kappa shape index (κ3) is 11.7. The Kier molecular flexibility index (Phi) is 15.5. The first-order chi connectivity index (χ1) is 37.0. The van der Waals surface area contributed by atoms with Crippen LogP contribution in [-0.2, 0) is 0 Å². The van der Waals surface area contributed by atoms with E-state index in [4.69, 9.17) is 14.2 Å². The molecule has 0 saturated heterocycles. The van der Waals surface area contributed by atoms with Crippen LogP contribution in [0.15, 0.2) is 183 Å². The Balaban J connectivity index is 0.000000128. The molecule has 0 bridgehead atoms. The second kappa shape index (κ2) is 23.7. The van der Waals surface area contributed by atoms with Crippen molar-refractivity contribution in [2.45, 2.75) is 0 Å². The van der Waals surface area contributed by atoms with Gasteiger partial charge in [0.2, 0.25) is 0 Å². The van der Waals surface area contributed by atoms with Crippen LogP contribution in [0, 0.1) is 35.5 Å². The molecule has 0 fully saturated rings. The Labute approximate surface area is 444 Å². The van der Waals surface area contributed by atoms with Gasteiger partial charge in [-0.25, -0.2) is 0 Å². The van der Waals surface area contributed by atoms with Gasteiger partial charge in [0.15, 0.2) is 0 Å². The number of nitrogens with zero attached hydrogens (tertiary/aromatic N) is 9. The smallest absolute Gasteiger partial charge is 0.121 e. The van der Waals surface area contributed by atoms with Crippen LogP contribution < -0.4 is 14.2 Å². The van der Waals surface area contributed by atoms with Gasteiger partial charge in [0.1, 0.15) is 50.3 Å². The molecule has 0 saturated carbocycles. The standard InChI is InChI=1S/3C20H13N3OS/c3*1-24-17-9-6-15(7-10-17)18-11-8-16(19-20(18)23-25-22-19)5-4-14-3-2-12-21-13-14/h3*2-3,6-13H,1H3. The minimum Gasteiger partial charge on any atom is -0.497 e. The summed E-state index contributed by atoms with van der Waals surface area (Å²) in [4.78, 5) is 12.2. The number of hydrogen-bond acceptors (Lipinski definition) is 15. The van der Waals surface area contributed by atoms with Gasteiger partial charge in [0.05, 0.1) is 73.2 Å². The first kappa shape index (κ1) is 48.9. The highest BCUT2D eigenvalue weighted by molar-refractivity contribution is 7.00. The second-order valence-corrected chi connectivity index (χ2v) is 17.6. The molecule has 0 spiro atoms. The van der Waals surface area contributed by atoms with Crippen molar-refractivity contribution in [3.8, 4) is 86.2 Å². The molecule has 12 aromatic rings. The molecule has 0 radical (unpaired) electrons. The third-order valence-corrected chi connectivity index (χ3v) is 13.0. The molecule has 75 heavy (non-hydrogen) atoms. The Morgan fingerprint density at radius 1 is 0.307 bits per heavy atom. The van der Waals surface area contributed by atoms with Crippen LogP contribution >= 0.6 is 35.2 Å². The summed E-state index contributed by atoms with van der Waals surface area (Å²) in [6, 6.07) is 47.3. The summed E-state index contributed by atoms with van der Waals surface area (Å²) in [5.74, 6) is 21.4. The van der Waals surface area contributed by atoms with Gasteiger partial charge in [-0.3, -0.25) is 15.0 Å². The summed E-state index contributed by atoms with van der Waals surface area (Å²) in [6.45, 7) is 0. The van der Waals surface area contributed by atoms with E-state index in [1.807, 2.05) is 146 Å². The molecule has 0 N–H and O–H groups in total. The van der Waals surface area contributed by atoms with E-state index in [0.29, 0.717) is 0 Å². The molecule has 12 nitrogen and oxygen atoms in total. The van der Waals surface area contributed by atoms with E-state index in [1.54, 1.807) is 58.5 Å². The van der Waals surface area contributed by atoms with E-state index in [-0.39, 0.29) is 0 Å². The maximum Gasteiger partial charge on any atom is 0.121 e. The monoisotopic (exact) mass is 1030 g/mol. The minimum atomic E-state index is 0.828. The van der Waals surface area contributed by atoms with Gasteiger partial charge in [-0.1, -0.05) is 90.1 Å². The maximum absolute atomic E-state index is 5.22. The van der Waals surface area contributed by atoms with E-state index >= 15 is 0 Å². The predicted octanol–water partition coefficient (Wildman–Crippen LogP) is 12.5. The second-order valence-electron chi connectivity index (χ2n) is 16.0. The molecule has 0 amide bonds. The van der Waals surface area contributed by atoms with Gasteiger partial charge in [-0.05, 0) is 108 Å². The van der Waals surface area contributed by atoms with Gasteiger partial charge >= 0.3 is 0 Å². The van der Waals surface area contributed by atoms with E-state index in [2.05, 4.69) is 76.7 Å². The molecule has 6 heterocycles. The van der Waals surface area contributed by atoms with Crippen molar-refractivity contribution in [3.63, 3.8) is 0 Å². The topological polar surface area (TPSA) is 144 Å². The van der Waals surface area contributed by atoms with E-state index in [0.717, 1.165) is 117 Å². The largest absolute Gasteiger partial charge is 0.497 e. The van der Waals surface area contributed by atoms with Crippen LogP contribution in [0.1, 0.15) is 33.4 Å². The van der Waals surface area contributed by atoms with Gasteiger partial charge in [0.25, 0.3) is 0 Å². The number of aromatic nitrogens is 9. The molecule has 6 aromatic heterocycles. The van der Waals surface area contributed by atoms with E-state index in [9.17, 15) is 0 Å². The van der Waals surface area contributed by atoms with Crippen molar-refractivity contribution in [3.05, 3.63) is 216 Å². The fraction of sp³-hybridized carbons (Fsp3) is 0.0500. The molecule has 0 aliphatic rings. The summed E-state index contributed by atoms with van der Waals surface area (Å²) in [7, 11) is 4.98. The number of hydrogen-bond donors (Lipinski definition) is 0. The van der Waals surface area contributed by atoms with Crippen molar-refractivity contribution in [1.29, 1.82) is 0 Å². The Hall–Kier alpha value is -9.69. The lowest BCUT2D eigenvalue weighted by Crippen LogP contribution is -1.86. The first-order valence-electron chi connectivity index (χ1n) is 23.0. The molecular weight excluding hydrogens is 991 g/mol. The van der Waals surface area contributed by atoms with Crippen LogP contribution in [0.3, 0.4) is 0 Å². The zero-order chi connectivity index (χ0) is 51.2. The van der Waals surface area contributed by atoms with E-state index in [1.165, 1.54) is 35.2 Å². The summed E-state index contributed by atoms with van der Waals surface area (Å²) >= 11 is 3.60. The number of rotatable bonds is 6.